The van der Waals surface area contributed by atoms with Crippen molar-refractivity contribution in [1.82, 2.24) is 15.0 Å². The van der Waals surface area contributed by atoms with Crippen molar-refractivity contribution in [1.29, 1.82) is 0 Å². The van der Waals surface area contributed by atoms with Crippen LogP contribution in [0.3, 0.4) is 0 Å². The molecule has 4 aromatic rings. The van der Waals surface area contributed by atoms with Crippen LogP contribution in [0, 0.1) is 6.92 Å². The number of ether oxygens (including phenoxy) is 2. The minimum atomic E-state index is -0.00793. The summed E-state index contributed by atoms with van der Waals surface area (Å²) in [5, 5.41) is 4.11. The lowest BCUT2D eigenvalue weighted by Gasteiger charge is -2.22. The zero-order chi connectivity index (χ0) is 23.3. The van der Waals surface area contributed by atoms with Crippen LogP contribution in [0.25, 0.3) is 11.4 Å². The number of aryl methyl sites for hydroxylation is 1. The van der Waals surface area contributed by atoms with E-state index in [-0.39, 0.29) is 12.7 Å². The minimum Gasteiger partial charge on any atom is -0.454 e. The van der Waals surface area contributed by atoms with E-state index < -0.39 is 0 Å². The number of hydrogen-bond donors (Lipinski definition) is 0. The SMILES string of the molecule is Cc1ccc(C(=O)N(CCc2ccccc2)CCc2nc(-c3ccc4c(c3)OCO4)no2)cc1. The van der Waals surface area contributed by atoms with Gasteiger partial charge in [0.1, 0.15) is 0 Å². The molecule has 172 valence electrons. The predicted molar refractivity (Wildman–Crippen MR) is 127 cm³/mol. The second-order valence-corrected chi connectivity index (χ2v) is 8.22. The molecule has 0 fully saturated rings. The lowest BCUT2D eigenvalue weighted by molar-refractivity contribution is 0.0756. The first-order valence-electron chi connectivity index (χ1n) is 11.3. The zero-order valence-corrected chi connectivity index (χ0v) is 18.9. The third-order valence-electron chi connectivity index (χ3n) is 5.79. The fourth-order valence-corrected chi connectivity index (χ4v) is 3.84. The standard InChI is InChI=1S/C27H25N3O4/c1-19-7-9-21(10-8-19)27(31)30(15-13-20-5-3-2-4-6-20)16-14-25-28-26(29-34-25)22-11-12-23-24(17-22)33-18-32-23/h2-12,17H,13-16,18H2,1H3. The minimum absolute atomic E-state index is 0.00793. The number of amides is 1. The maximum atomic E-state index is 13.3. The third-order valence-corrected chi connectivity index (χ3v) is 5.79. The predicted octanol–water partition coefficient (Wildman–Crippen LogP) is 4.70. The van der Waals surface area contributed by atoms with Gasteiger partial charge in [-0.3, -0.25) is 4.79 Å². The number of rotatable bonds is 8. The number of benzene rings is 3. The van der Waals surface area contributed by atoms with Gasteiger partial charge in [-0.1, -0.05) is 53.2 Å². The molecule has 0 saturated heterocycles. The van der Waals surface area contributed by atoms with Gasteiger partial charge >= 0.3 is 0 Å². The van der Waals surface area contributed by atoms with Crippen LogP contribution in [0.15, 0.2) is 77.3 Å². The van der Waals surface area contributed by atoms with E-state index in [0.717, 1.165) is 17.5 Å². The highest BCUT2D eigenvalue weighted by Crippen LogP contribution is 2.35. The van der Waals surface area contributed by atoms with Gasteiger partial charge in [-0.2, -0.15) is 4.98 Å². The zero-order valence-electron chi connectivity index (χ0n) is 18.9. The average Bonchev–Trinajstić information content (AvgIpc) is 3.54. The molecule has 1 aliphatic heterocycles. The summed E-state index contributed by atoms with van der Waals surface area (Å²) in [7, 11) is 0. The summed E-state index contributed by atoms with van der Waals surface area (Å²) in [5.74, 6) is 2.32. The molecular weight excluding hydrogens is 430 g/mol. The molecule has 0 radical (unpaired) electrons. The van der Waals surface area contributed by atoms with Crippen molar-refractivity contribution < 1.29 is 18.8 Å². The molecule has 0 spiro atoms. The lowest BCUT2D eigenvalue weighted by Crippen LogP contribution is -2.34. The van der Waals surface area contributed by atoms with Crippen molar-refractivity contribution >= 4 is 5.91 Å². The Labute approximate surface area is 197 Å². The van der Waals surface area contributed by atoms with Crippen LogP contribution in [-0.2, 0) is 12.8 Å². The number of carbonyl (C=O) groups excluding carboxylic acids is 1. The lowest BCUT2D eigenvalue weighted by atomic mass is 10.1. The topological polar surface area (TPSA) is 77.7 Å². The summed E-state index contributed by atoms with van der Waals surface area (Å²) >= 11 is 0. The summed E-state index contributed by atoms with van der Waals surface area (Å²) in [6.07, 6.45) is 1.23. The Morgan fingerprint density at radius 1 is 0.912 bits per heavy atom. The Morgan fingerprint density at radius 2 is 1.68 bits per heavy atom. The first-order chi connectivity index (χ1) is 16.7. The van der Waals surface area contributed by atoms with Gasteiger partial charge < -0.3 is 18.9 Å². The Bertz CT molecular complexity index is 1270. The molecule has 1 aromatic heterocycles. The summed E-state index contributed by atoms with van der Waals surface area (Å²) in [6, 6.07) is 23.4. The molecule has 1 aliphatic rings. The molecule has 7 heteroatoms. The molecular formula is C27H25N3O4. The fourth-order valence-electron chi connectivity index (χ4n) is 3.84. The van der Waals surface area contributed by atoms with Gasteiger partial charge in [-0.25, -0.2) is 0 Å². The number of aromatic nitrogens is 2. The Hall–Kier alpha value is -4.13. The normalized spacial score (nSPS) is 12.0. The molecule has 0 bridgehead atoms. The number of fused-ring (bicyclic) bond motifs is 1. The fraction of sp³-hybridized carbons (Fsp3) is 0.222. The van der Waals surface area contributed by atoms with Gasteiger partial charge in [0.25, 0.3) is 5.91 Å². The Balaban J connectivity index is 1.29. The second kappa shape index (κ2) is 9.79. The molecule has 0 atom stereocenters. The quantitative estimate of drug-likeness (QED) is 0.383. The van der Waals surface area contributed by atoms with Crippen LogP contribution in [0.5, 0.6) is 11.5 Å². The van der Waals surface area contributed by atoms with E-state index in [2.05, 4.69) is 22.3 Å². The van der Waals surface area contributed by atoms with Crippen LogP contribution in [-0.4, -0.2) is 40.8 Å². The van der Waals surface area contributed by atoms with Crippen LogP contribution in [0.2, 0.25) is 0 Å². The highest BCUT2D eigenvalue weighted by Gasteiger charge is 2.19. The van der Waals surface area contributed by atoms with Crippen LogP contribution >= 0.6 is 0 Å². The number of hydrogen-bond acceptors (Lipinski definition) is 6. The van der Waals surface area contributed by atoms with Gasteiger partial charge in [0.2, 0.25) is 18.5 Å². The van der Waals surface area contributed by atoms with E-state index in [4.69, 9.17) is 14.0 Å². The van der Waals surface area contributed by atoms with Gasteiger partial charge in [0.05, 0.1) is 0 Å². The smallest absolute Gasteiger partial charge is 0.253 e. The average molecular weight is 456 g/mol. The van der Waals surface area contributed by atoms with Crippen LogP contribution < -0.4 is 9.47 Å². The van der Waals surface area contributed by atoms with E-state index in [1.807, 2.05) is 72.5 Å². The van der Waals surface area contributed by atoms with Crippen molar-refractivity contribution in [3.63, 3.8) is 0 Å². The molecule has 1 amide bonds. The molecule has 0 aliphatic carbocycles. The van der Waals surface area contributed by atoms with Gasteiger partial charge in [0, 0.05) is 30.6 Å². The van der Waals surface area contributed by atoms with Crippen LogP contribution in [0.1, 0.15) is 27.4 Å². The first-order valence-corrected chi connectivity index (χ1v) is 11.3. The van der Waals surface area contributed by atoms with E-state index in [1.54, 1.807) is 0 Å². The second-order valence-electron chi connectivity index (χ2n) is 8.22. The highest BCUT2D eigenvalue weighted by molar-refractivity contribution is 5.94. The monoisotopic (exact) mass is 455 g/mol. The molecule has 7 nitrogen and oxygen atoms in total. The first kappa shape index (κ1) is 21.7. The number of carbonyl (C=O) groups is 1. The molecule has 2 heterocycles. The summed E-state index contributed by atoms with van der Waals surface area (Å²) in [4.78, 5) is 19.6. The van der Waals surface area contributed by atoms with Crippen molar-refractivity contribution in [2.75, 3.05) is 19.9 Å². The summed E-state index contributed by atoms with van der Waals surface area (Å²) in [5.41, 5.74) is 3.77. The molecule has 0 unspecified atom stereocenters. The maximum Gasteiger partial charge on any atom is 0.253 e. The number of nitrogens with zero attached hydrogens (tertiary/aromatic N) is 3. The van der Waals surface area contributed by atoms with Crippen LogP contribution in [0.4, 0.5) is 0 Å². The largest absolute Gasteiger partial charge is 0.454 e. The third kappa shape index (κ3) is 4.93. The van der Waals surface area contributed by atoms with Crippen molar-refractivity contribution in [3.8, 4) is 22.9 Å². The van der Waals surface area contributed by atoms with Crippen molar-refractivity contribution in [2.45, 2.75) is 19.8 Å². The van der Waals surface area contributed by atoms with E-state index >= 15 is 0 Å². The summed E-state index contributed by atoms with van der Waals surface area (Å²) in [6.45, 7) is 3.29. The molecule has 5 rings (SSSR count). The van der Waals surface area contributed by atoms with Gasteiger partial charge in [0.15, 0.2) is 11.5 Å². The molecule has 0 N–H and O–H groups in total. The maximum absolute atomic E-state index is 13.3. The van der Waals surface area contributed by atoms with E-state index in [9.17, 15) is 4.79 Å². The molecule has 3 aromatic carbocycles. The Kier molecular flexibility index (Phi) is 6.25. The van der Waals surface area contributed by atoms with E-state index in [1.165, 1.54) is 5.56 Å². The van der Waals surface area contributed by atoms with Gasteiger partial charge in [-0.05, 0) is 49.2 Å². The Morgan fingerprint density at radius 3 is 2.50 bits per heavy atom. The summed E-state index contributed by atoms with van der Waals surface area (Å²) < 4.78 is 16.3. The van der Waals surface area contributed by atoms with Gasteiger partial charge in [-0.15, -0.1) is 0 Å². The highest BCUT2D eigenvalue weighted by atomic mass is 16.7. The van der Waals surface area contributed by atoms with Crippen molar-refractivity contribution in [2.24, 2.45) is 0 Å². The van der Waals surface area contributed by atoms with Crippen molar-refractivity contribution in [3.05, 3.63) is 95.4 Å². The molecule has 0 saturated carbocycles. The molecule has 34 heavy (non-hydrogen) atoms. The van der Waals surface area contributed by atoms with E-state index in [0.29, 0.717) is 48.3 Å².